The van der Waals surface area contributed by atoms with E-state index < -0.39 is 18.9 Å². The van der Waals surface area contributed by atoms with Crippen LogP contribution >= 0.6 is 0 Å². The second kappa shape index (κ2) is 5.39. The van der Waals surface area contributed by atoms with Gasteiger partial charge < -0.3 is 10.2 Å². The molecule has 0 aliphatic rings. The number of hydrogen-bond donors (Lipinski definition) is 1. The van der Waals surface area contributed by atoms with E-state index in [2.05, 4.69) is 10.3 Å². The van der Waals surface area contributed by atoms with E-state index in [1.54, 1.807) is 13.1 Å². The van der Waals surface area contributed by atoms with E-state index >= 15 is 0 Å². The van der Waals surface area contributed by atoms with Gasteiger partial charge in [-0.15, -0.1) is 0 Å². The quantitative estimate of drug-likeness (QED) is 0.850. The molecule has 1 N–H and O–H groups in total. The molecule has 0 aliphatic heterocycles. The van der Waals surface area contributed by atoms with Crippen LogP contribution in [0.5, 0.6) is 0 Å². The van der Waals surface area contributed by atoms with Crippen LogP contribution in [0.4, 0.5) is 14.5 Å². The number of carbonyl (C=O) groups excluding carboxylic acids is 1. The lowest BCUT2D eigenvalue weighted by atomic mass is 10.3. The van der Waals surface area contributed by atoms with Gasteiger partial charge >= 0.3 is 0 Å². The van der Waals surface area contributed by atoms with Gasteiger partial charge in [0.1, 0.15) is 5.69 Å². The van der Waals surface area contributed by atoms with Gasteiger partial charge in [-0.1, -0.05) is 0 Å². The van der Waals surface area contributed by atoms with Gasteiger partial charge in [-0.3, -0.25) is 4.79 Å². The third-order valence-corrected chi connectivity index (χ3v) is 2.03. The Hall–Kier alpha value is -1.72. The molecule has 88 valence electrons. The molecular weight excluding hydrogens is 216 g/mol. The smallest absolute Gasteiger partial charge is 0.272 e. The topological polar surface area (TPSA) is 45.2 Å². The first-order valence-electron chi connectivity index (χ1n) is 4.72. The van der Waals surface area contributed by atoms with Gasteiger partial charge in [-0.25, -0.2) is 13.8 Å². The predicted octanol–water partition coefficient (Wildman–Crippen LogP) is 1.46. The Morgan fingerprint density at radius 1 is 1.56 bits per heavy atom. The van der Waals surface area contributed by atoms with Gasteiger partial charge in [0.25, 0.3) is 12.3 Å². The first-order chi connectivity index (χ1) is 7.54. The molecule has 1 aromatic heterocycles. The van der Waals surface area contributed by atoms with Crippen LogP contribution in [0, 0.1) is 0 Å². The summed E-state index contributed by atoms with van der Waals surface area (Å²) in [5.41, 5.74) is 0.912. The van der Waals surface area contributed by atoms with Crippen LogP contribution in [0.1, 0.15) is 10.5 Å². The summed E-state index contributed by atoms with van der Waals surface area (Å²) < 4.78 is 24.1. The largest absolute Gasteiger partial charge is 0.387 e. The fourth-order valence-electron chi connectivity index (χ4n) is 1.15. The normalized spacial score (nSPS) is 10.3. The molecule has 1 amide bonds. The van der Waals surface area contributed by atoms with Crippen molar-refractivity contribution in [3.63, 3.8) is 0 Å². The number of anilines is 1. The zero-order valence-corrected chi connectivity index (χ0v) is 9.08. The van der Waals surface area contributed by atoms with E-state index in [0.717, 1.165) is 10.6 Å². The number of alkyl halides is 2. The third-order valence-electron chi connectivity index (χ3n) is 2.03. The molecule has 0 fully saturated rings. The molecule has 0 atom stereocenters. The zero-order chi connectivity index (χ0) is 12.1. The summed E-state index contributed by atoms with van der Waals surface area (Å²) in [5, 5.41) is 2.85. The molecule has 0 aliphatic carbocycles. The van der Waals surface area contributed by atoms with Gasteiger partial charge in [-0.2, -0.15) is 0 Å². The molecule has 0 saturated carbocycles. The lowest BCUT2D eigenvalue weighted by molar-refractivity contribution is 0.0615. The van der Waals surface area contributed by atoms with Crippen LogP contribution in [0.25, 0.3) is 0 Å². The summed E-state index contributed by atoms with van der Waals surface area (Å²) >= 11 is 0. The zero-order valence-electron chi connectivity index (χ0n) is 9.08. The van der Waals surface area contributed by atoms with Crippen molar-refractivity contribution >= 4 is 11.6 Å². The van der Waals surface area contributed by atoms with Crippen LogP contribution in [0.15, 0.2) is 18.3 Å². The molecule has 4 nitrogen and oxygen atoms in total. The average Bonchev–Trinajstić information content (AvgIpc) is 2.27. The molecular formula is C10H13F2N3O. The van der Waals surface area contributed by atoms with Crippen LogP contribution < -0.4 is 5.32 Å². The summed E-state index contributed by atoms with van der Waals surface area (Å²) in [4.78, 5) is 16.4. The third kappa shape index (κ3) is 3.15. The minimum absolute atomic E-state index is 0.155. The maximum Gasteiger partial charge on any atom is 0.272 e. The molecule has 0 unspecified atom stereocenters. The van der Waals surface area contributed by atoms with Crippen LogP contribution in [0.2, 0.25) is 0 Å². The van der Waals surface area contributed by atoms with Crippen molar-refractivity contribution < 1.29 is 13.6 Å². The Labute approximate surface area is 92.3 Å². The standard InChI is InChI=1S/C10H13F2N3O/c1-13-7-3-4-8(14-5-7)10(16)15(2)6-9(11)12/h3-5,9,13H,6H2,1-2H3. The lowest BCUT2D eigenvalue weighted by Crippen LogP contribution is -2.31. The number of nitrogens with one attached hydrogen (secondary N) is 1. The van der Waals surface area contributed by atoms with Crippen LogP contribution in [-0.2, 0) is 0 Å². The first-order valence-corrected chi connectivity index (χ1v) is 4.72. The second-order valence-corrected chi connectivity index (χ2v) is 3.26. The highest BCUT2D eigenvalue weighted by atomic mass is 19.3. The molecule has 16 heavy (non-hydrogen) atoms. The SMILES string of the molecule is CNc1ccc(C(=O)N(C)CC(F)F)nc1. The van der Waals surface area contributed by atoms with E-state index in [0.29, 0.717) is 0 Å². The Morgan fingerprint density at radius 2 is 2.25 bits per heavy atom. The summed E-state index contributed by atoms with van der Waals surface area (Å²) in [6.07, 6.45) is -1.06. The highest BCUT2D eigenvalue weighted by molar-refractivity contribution is 5.92. The molecule has 0 saturated heterocycles. The van der Waals surface area contributed by atoms with E-state index in [1.807, 2.05) is 0 Å². The second-order valence-electron chi connectivity index (χ2n) is 3.26. The van der Waals surface area contributed by atoms with Gasteiger partial charge in [0.2, 0.25) is 0 Å². The number of aromatic nitrogens is 1. The molecule has 0 bridgehead atoms. The van der Waals surface area contributed by atoms with E-state index in [1.165, 1.54) is 19.3 Å². The maximum atomic E-state index is 12.1. The van der Waals surface area contributed by atoms with Gasteiger partial charge in [0.15, 0.2) is 0 Å². The summed E-state index contributed by atoms with van der Waals surface area (Å²) in [6, 6.07) is 3.16. The number of hydrogen-bond acceptors (Lipinski definition) is 3. The van der Waals surface area contributed by atoms with Crippen molar-refractivity contribution in [2.45, 2.75) is 6.43 Å². The van der Waals surface area contributed by atoms with Crippen LogP contribution in [-0.4, -0.2) is 42.9 Å². The van der Waals surface area contributed by atoms with Gasteiger partial charge in [-0.05, 0) is 12.1 Å². The Bertz CT molecular complexity index is 354. The minimum atomic E-state index is -2.54. The van der Waals surface area contributed by atoms with Gasteiger partial charge in [0.05, 0.1) is 18.4 Å². The Morgan fingerprint density at radius 3 is 2.69 bits per heavy atom. The molecule has 0 radical (unpaired) electrons. The fourth-order valence-corrected chi connectivity index (χ4v) is 1.15. The number of amides is 1. The monoisotopic (exact) mass is 229 g/mol. The van der Waals surface area contributed by atoms with Crippen LogP contribution in [0.3, 0.4) is 0 Å². The Kier molecular flexibility index (Phi) is 4.16. The van der Waals surface area contributed by atoms with Crippen molar-refractivity contribution in [1.82, 2.24) is 9.88 Å². The number of rotatable bonds is 4. The van der Waals surface area contributed by atoms with Crippen molar-refractivity contribution in [3.8, 4) is 0 Å². The molecule has 0 spiro atoms. The van der Waals surface area contributed by atoms with E-state index in [9.17, 15) is 13.6 Å². The Balaban J connectivity index is 2.72. The number of nitrogens with zero attached hydrogens (tertiary/aromatic N) is 2. The highest BCUT2D eigenvalue weighted by Crippen LogP contribution is 2.07. The van der Waals surface area contributed by atoms with E-state index in [-0.39, 0.29) is 5.69 Å². The van der Waals surface area contributed by atoms with Crippen molar-refractivity contribution in [1.29, 1.82) is 0 Å². The molecule has 1 rings (SSSR count). The summed E-state index contributed by atoms with van der Waals surface area (Å²) in [7, 11) is 3.05. The predicted molar refractivity (Wildman–Crippen MR) is 56.7 cm³/mol. The minimum Gasteiger partial charge on any atom is -0.387 e. The number of pyridine rings is 1. The summed E-state index contributed by atoms with van der Waals surface area (Å²) in [5.74, 6) is -0.511. The fraction of sp³-hybridized carbons (Fsp3) is 0.400. The number of carbonyl (C=O) groups is 1. The van der Waals surface area contributed by atoms with Crippen molar-refractivity contribution in [3.05, 3.63) is 24.0 Å². The highest BCUT2D eigenvalue weighted by Gasteiger charge is 2.16. The molecule has 0 aromatic carbocycles. The summed E-state index contributed by atoms with van der Waals surface area (Å²) in [6.45, 7) is -0.589. The van der Waals surface area contributed by atoms with Gasteiger partial charge in [0, 0.05) is 14.1 Å². The number of halogens is 2. The van der Waals surface area contributed by atoms with E-state index in [4.69, 9.17) is 0 Å². The maximum absolute atomic E-state index is 12.1. The average molecular weight is 229 g/mol. The van der Waals surface area contributed by atoms with Crippen molar-refractivity contribution in [2.24, 2.45) is 0 Å². The lowest BCUT2D eigenvalue weighted by Gasteiger charge is -2.15. The molecule has 1 aromatic rings. The molecule has 1 heterocycles. The molecule has 6 heteroatoms. The first kappa shape index (κ1) is 12.4. The van der Waals surface area contributed by atoms with Crippen molar-refractivity contribution in [2.75, 3.05) is 26.0 Å².